The Labute approximate surface area is 161 Å². The molecule has 0 bridgehead atoms. The summed E-state index contributed by atoms with van der Waals surface area (Å²) in [5.41, 5.74) is 10.7. The molecular formula is C19H17FN2SW. The molecule has 122 valence electrons. The minimum atomic E-state index is -0.203. The molecule has 0 aliphatic carbocycles. The summed E-state index contributed by atoms with van der Waals surface area (Å²) < 4.78 is 15.1. The Bertz CT molecular complexity index is 840. The molecule has 1 N–H and O–H groups in total. The van der Waals surface area contributed by atoms with E-state index >= 15 is 0 Å². The van der Waals surface area contributed by atoms with Gasteiger partial charge in [-0.05, 0) is 41.8 Å². The molecule has 0 spiro atoms. The van der Waals surface area contributed by atoms with Gasteiger partial charge in [-0.2, -0.15) is 6.54 Å². The normalized spacial score (nSPS) is 11.5. The summed E-state index contributed by atoms with van der Waals surface area (Å²) in [5, 5.41) is 1.14. The molecule has 0 aliphatic rings. The van der Waals surface area contributed by atoms with Crippen LogP contribution >= 0.6 is 0 Å². The zero-order valence-corrected chi connectivity index (χ0v) is 16.8. The predicted molar refractivity (Wildman–Crippen MR) is 96.6 cm³/mol. The molecule has 0 radical (unpaired) electrons. The first-order chi connectivity index (χ1) is 11.2. The summed E-state index contributed by atoms with van der Waals surface area (Å²) >= 11 is 5.15. The van der Waals surface area contributed by atoms with Crippen LogP contribution in [-0.2, 0) is 46.7 Å². The molecule has 0 aliphatic heterocycles. The minimum Gasteiger partial charge on any atom is -0.785 e. The van der Waals surface area contributed by atoms with E-state index in [1.54, 1.807) is 0 Å². The molecule has 2 nitrogen and oxygen atoms in total. The number of nitrogens with one attached hydrogen (secondary N) is 1. The van der Waals surface area contributed by atoms with E-state index < -0.39 is 0 Å². The smallest absolute Gasteiger partial charge is 0.785 e. The predicted octanol–water partition coefficient (Wildman–Crippen LogP) is 4.96. The van der Waals surface area contributed by atoms with Crippen molar-refractivity contribution < 1.29 is 25.5 Å². The first-order valence-electron chi connectivity index (χ1n) is 7.52. The Kier molecular flexibility index (Phi) is 6.73. The number of rotatable bonds is 5. The number of benzene rings is 2. The standard InChI is InChI=1S/C19H18FN2S.W/c20-16-6-4-14(5-7-16)8-10-22-11-9-18-15(12-17(23)13-21)2-1-3-19(18)22;/h1-7,9,11-12,21,23H,8,10,13H2;/q-1;+2/p-1/b17-12-;. The first kappa shape index (κ1) is 18.9. The van der Waals surface area contributed by atoms with Crippen LogP contribution in [0.25, 0.3) is 22.7 Å². The van der Waals surface area contributed by atoms with Crippen LogP contribution in [0.1, 0.15) is 11.1 Å². The Morgan fingerprint density at radius 2 is 1.88 bits per heavy atom. The van der Waals surface area contributed by atoms with Crippen molar-refractivity contribution in [3.63, 3.8) is 0 Å². The van der Waals surface area contributed by atoms with Crippen LogP contribution in [0.2, 0.25) is 0 Å². The molecule has 0 fully saturated rings. The number of hydrogen-bond donors (Lipinski definition) is 0. The zero-order chi connectivity index (χ0) is 16.2. The molecule has 2 aromatic carbocycles. The summed E-state index contributed by atoms with van der Waals surface area (Å²) in [4.78, 5) is 0.636. The van der Waals surface area contributed by atoms with Crippen molar-refractivity contribution in [1.82, 2.24) is 4.57 Å². The summed E-state index contributed by atoms with van der Waals surface area (Å²) in [6.07, 6.45) is 4.81. The molecule has 0 amide bonds. The molecule has 3 aromatic rings. The average Bonchev–Trinajstić information content (AvgIpc) is 2.98. The fourth-order valence-electron chi connectivity index (χ4n) is 2.69. The van der Waals surface area contributed by atoms with Crippen molar-refractivity contribution in [3.8, 4) is 0 Å². The Morgan fingerprint density at radius 1 is 1.12 bits per heavy atom. The second-order valence-electron chi connectivity index (χ2n) is 5.45. The van der Waals surface area contributed by atoms with E-state index in [-0.39, 0.29) is 33.4 Å². The maximum absolute atomic E-state index is 13.0. The number of aryl methyl sites for hydroxylation is 2. The van der Waals surface area contributed by atoms with Crippen LogP contribution in [0.3, 0.4) is 0 Å². The van der Waals surface area contributed by atoms with Crippen molar-refractivity contribution in [2.75, 3.05) is 6.54 Å². The molecule has 0 saturated heterocycles. The summed E-state index contributed by atoms with van der Waals surface area (Å²) in [5.74, 6) is -0.203. The quantitative estimate of drug-likeness (QED) is 0.448. The molecule has 1 aromatic heterocycles. The maximum Gasteiger partial charge on any atom is 2.00 e. The van der Waals surface area contributed by atoms with Crippen molar-refractivity contribution in [2.45, 2.75) is 13.0 Å². The van der Waals surface area contributed by atoms with E-state index in [2.05, 4.69) is 22.9 Å². The van der Waals surface area contributed by atoms with Crippen molar-refractivity contribution in [1.29, 1.82) is 0 Å². The second kappa shape index (κ2) is 8.57. The van der Waals surface area contributed by atoms with Crippen molar-refractivity contribution >= 4 is 29.6 Å². The molecule has 3 rings (SSSR count). The van der Waals surface area contributed by atoms with E-state index in [9.17, 15) is 4.39 Å². The molecule has 5 heteroatoms. The minimum absolute atomic E-state index is 0. The second-order valence-corrected chi connectivity index (χ2v) is 5.98. The third-order valence-electron chi connectivity index (χ3n) is 3.89. The van der Waals surface area contributed by atoms with Gasteiger partial charge in [-0.1, -0.05) is 30.3 Å². The summed E-state index contributed by atoms with van der Waals surface area (Å²) in [6.45, 7) is 0.971. The van der Waals surface area contributed by atoms with Gasteiger partial charge >= 0.3 is 21.1 Å². The molecule has 24 heavy (non-hydrogen) atoms. The monoisotopic (exact) mass is 508 g/mol. The van der Waals surface area contributed by atoms with Gasteiger partial charge in [0.25, 0.3) is 0 Å². The van der Waals surface area contributed by atoms with Crippen LogP contribution < -0.4 is 0 Å². The van der Waals surface area contributed by atoms with Gasteiger partial charge in [0.05, 0.1) is 0 Å². The Morgan fingerprint density at radius 3 is 2.58 bits per heavy atom. The molecular weight excluding hydrogens is 491 g/mol. The van der Waals surface area contributed by atoms with Gasteiger partial charge in [0.1, 0.15) is 5.82 Å². The maximum atomic E-state index is 13.0. The number of nitrogens with zero attached hydrogens (tertiary/aromatic N) is 1. The largest absolute Gasteiger partial charge is 2.00 e. The summed E-state index contributed by atoms with van der Waals surface area (Å²) in [6, 6.07) is 14.8. The van der Waals surface area contributed by atoms with E-state index in [1.807, 2.05) is 30.3 Å². The fourth-order valence-corrected chi connectivity index (χ4v) is 2.82. The molecule has 0 saturated carbocycles. The third kappa shape index (κ3) is 4.32. The number of aromatic nitrogens is 1. The average molecular weight is 508 g/mol. The van der Waals surface area contributed by atoms with E-state index in [0.29, 0.717) is 4.91 Å². The van der Waals surface area contributed by atoms with Crippen molar-refractivity contribution in [3.05, 3.63) is 82.3 Å². The van der Waals surface area contributed by atoms with Gasteiger partial charge in [-0.15, -0.1) is 0 Å². The molecule has 0 atom stereocenters. The first-order valence-corrected chi connectivity index (χ1v) is 7.92. The van der Waals surface area contributed by atoms with E-state index in [0.717, 1.165) is 35.0 Å². The fraction of sp³-hybridized carbons (Fsp3) is 0.158. The molecule has 1 heterocycles. The number of halogens is 1. The zero-order valence-electron chi connectivity index (χ0n) is 13.0. The number of hydrogen-bond acceptors (Lipinski definition) is 1. The van der Waals surface area contributed by atoms with E-state index in [1.165, 1.54) is 12.1 Å². The van der Waals surface area contributed by atoms with Gasteiger partial charge in [0.2, 0.25) is 0 Å². The van der Waals surface area contributed by atoms with Crippen LogP contribution in [-0.4, -0.2) is 11.1 Å². The SMILES string of the molecule is [NH-]C/C([S-])=C/c1cccc2c1ccn2CCc1ccc(F)cc1.[W+2]. The van der Waals surface area contributed by atoms with Gasteiger partial charge in [0.15, 0.2) is 0 Å². The van der Waals surface area contributed by atoms with Crippen LogP contribution in [0.15, 0.2) is 59.6 Å². The van der Waals surface area contributed by atoms with Crippen LogP contribution in [0.4, 0.5) is 4.39 Å². The Hall–Kier alpha value is -1.48. The van der Waals surface area contributed by atoms with Gasteiger partial charge in [-0.3, -0.25) is 0 Å². The third-order valence-corrected chi connectivity index (χ3v) is 4.15. The van der Waals surface area contributed by atoms with Gasteiger partial charge < -0.3 is 22.9 Å². The van der Waals surface area contributed by atoms with Crippen LogP contribution in [0, 0.1) is 5.82 Å². The van der Waals surface area contributed by atoms with Gasteiger partial charge in [-0.25, -0.2) is 9.30 Å². The topological polar surface area (TPSA) is 28.7 Å². The molecule has 0 unspecified atom stereocenters. The van der Waals surface area contributed by atoms with Gasteiger partial charge in [0, 0.05) is 23.6 Å². The summed E-state index contributed by atoms with van der Waals surface area (Å²) in [7, 11) is 0. The Balaban J connectivity index is 0.00000208. The van der Waals surface area contributed by atoms with E-state index in [4.69, 9.17) is 18.4 Å². The number of fused-ring (bicyclic) bond motifs is 1. The van der Waals surface area contributed by atoms with Crippen molar-refractivity contribution in [2.24, 2.45) is 0 Å². The van der Waals surface area contributed by atoms with Crippen LogP contribution in [0.5, 0.6) is 0 Å².